The van der Waals surface area contributed by atoms with E-state index in [0.717, 1.165) is 4.90 Å². The molecule has 2 amide bonds. The standard InChI is InChI=1S/C27H25ClN2O3/c1-27(2,3)18-11-13-19(14-12-18)29-24-23(17-9-15-20(33-4)16-10-17)25(31)30(26(24)32)22-8-6-5-7-21(22)28/h5-16,29H,1-4H3. The minimum Gasteiger partial charge on any atom is -0.497 e. The van der Waals surface area contributed by atoms with Crippen LogP contribution in [0.2, 0.25) is 5.02 Å². The third kappa shape index (κ3) is 4.37. The molecule has 1 N–H and O–H groups in total. The molecule has 0 spiro atoms. The number of imide groups is 1. The maximum Gasteiger partial charge on any atom is 0.282 e. The quantitative estimate of drug-likeness (QED) is 0.471. The number of nitrogens with one attached hydrogen (secondary N) is 1. The molecule has 0 saturated carbocycles. The monoisotopic (exact) mass is 460 g/mol. The Bertz CT molecular complexity index is 1240. The lowest BCUT2D eigenvalue weighted by atomic mass is 9.87. The topological polar surface area (TPSA) is 58.6 Å². The molecule has 3 aromatic rings. The van der Waals surface area contributed by atoms with Gasteiger partial charge in [-0.2, -0.15) is 0 Å². The molecule has 0 radical (unpaired) electrons. The third-order valence-corrected chi connectivity index (χ3v) is 5.90. The van der Waals surface area contributed by atoms with Gasteiger partial charge in [-0.05, 0) is 52.9 Å². The Balaban J connectivity index is 1.79. The maximum atomic E-state index is 13.5. The zero-order valence-electron chi connectivity index (χ0n) is 19.0. The van der Waals surface area contributed by atoms with E-state index in [1.54, 1.807) is 55.6 Å². The summed E-state index contributed by atoms with van der Waals surface area (Å²) in [6.45, 7) is 6.42. The molecule has 0 aromatic heterocycles. The van der Waals surface area contributed by atoms with E-state index in [0.29, 0.717) is 27.7 Å². The van der Waals surface area contributed by atoms with E-state index < -0.39 is 11.8 Å². The molecule has 0 aliphatic carbocycles. The zero-order valence-corrected chi connectivity index (χ0v) is 19.7. The fourth-order valence-corrected chi connectivity index (χ4v) is 3.94. The molecule has 1 heterocycles. The number of carbonyl (C=O) groups excluding carboxylic acids is 2. The second kappa shape index (κ2) is 8.75. The van der Waals surface area contributed by atoms with Crippen LogP contribution in [0.4, 0.5) is 11.4 Å². The molecule has 0 saturated heterocycles. The van der Waals surface area contributed by atoms with Crippen molar-refractivity contribution in [1.29, 1.82) is 0 Å². The number of carbonyl (C=O) groups is 2. The second-order valence-corrected chi connectivity index (χ2v) is 9.24. The van der Waals surface area contributed by atoms with E-state index in [4.69, 9.17) is 16.3 Å². The van der Waals surface area contributed by atoms with Crippen molar-refractivity contribution in [2.24, 2.45) is 0 Å². The van der Waals surface area contributed by atoms with Crippen LogP contribution in [0.5, 0.6) is 5.75 Å². The van der Waals surface area contributed by atoms with Gasteiger partial charge in [0.1, 0.15) is 11.4 Å². The Hall–Kier alpha value is -3.57. The molecule has 3 aromatic carbocycles. The van der Waals surface area contributed by atoms with E-state index in [9.17, 15) is 9.59 Å². The van der Waals surface area contributed by atoms with Gasteiger partial charge in [-0.3, -0.25) is 9.59 Å². The van der Waals surface area contributed by atoms with Gasteiger partial charge >= 0.3 is 0 Å². The van der Waals surface area contributed by atoms with Crippen LogP contribution in [0.15, 0.2) is 78.5 Å². The molecule has 1 aliphatic rings. The number of para-hydroxylation sites is 1. The summed E-state index contributed by atoms with van der Waals surface area (Å²) in [5.74, 6) is -0.239. The van der Waals surface area contributed by atoms with Crippen LogP contribution < -0.4 is 15.0 Å². The summed E-state index contributed by atoms with van der Waals surface area (Å²) in [5, 5.41) is 3.51. The molecule has 33 heavy (non-hydrogen) atoms. The predicted molar refractivity (Wildman–Crippen MR) is 133 cm³/mol. The van der Waals surface area contributed by atoms with Gasteiger partial charge in [0.2, 0.25) is 0 Å². The van der Waals surface area contributed by atoms with Gasteiger partial charge < -0.3 is 10.1 Å². The van der Waals surface area contributed by atoms with Crippen LogP contribution in [0.25, 0.3) is 5.57 Å². The lowest BCUT2D eigenvalue weighted by Gasteiger charge is -2.19. The van der Waals surface area contributed by atoms with Gasteiger partial charge in [0, 0.05) is 5.69 Å². The average molecular weight is 461 g/mol. The maximum absolute atomic E-state index is 13.5. The highest BCUT2D eigenvalue weighted by atomic mass is 35.5. The molecule has 6 heteroatoms. The Morgan fingerprint density at radius 1 is 0.848 bits per heavy atom. The van der Waals surface area contributed by atoms with Crippen LogP contribution in [-0.4, -0.2) is 18.9 Å². The summed E-state index contributed by atoms with van der Waals surface area (Å²) in [5.41, 5.74) is 3.33. The first-order chi connectivity index (χ1) is 15.7. The summed E-state index contributed by atoms with van der Waals surface area (Å²) in [4.78, 5) is 28.2. The van der Waals surface area contributed by atoms with Gasteiger partial charge in [-0.25, -0.2) is 4.90 Å². The number of nitrogens with zero attached hydrogens (tertiary/aromatic N) is 1. The number of anilines is 2. The van der Waals surface area contributed by atoms with Gasteiger partial charge in [0.05, 0.1) is 23.4 Å². The molecule has 0 bridgehead atoms. The van der Waals surface area contributed by atoms with E-state index in [2.05, 4.69) is 26.1 Å². The largest absolute Gasteiger partial charge is 0.497 e. The number of benzene rings is 3. The Kier molecular flexibility index (Phi) is 6.00. The summed E-state index contributed by atoms with van der Waals surface area (Å²) in [6.07, 6.45) is 0. The normalized spacial score (nSPS) is 14.2. The van der Waals surface area contributed by atoms with Crippen LogP contribution in [0.1, 0.15) is 31.9 Å². The van der Waals surface area contributed by atoms with E-state index in [1.807, 2.05) is 24.3 Å². The first-order valence-electron chi connectivity index (χ1n) is 10.6. The number of ether oxygens (including phenoxy) is 1. The SMILES string of the molecule is COc1ccc(C2=C(Nc3ccc(C(C)(C)C)cc3)C(=O)N(c3ccccc3Cl)C2=O)cc1. The van der Waals surface area contributed by atoms with Crippen LogP contribution >= 0.6 is 11.6 Å². The number of methoxy groups -OCH3 is 1. The van der Waals surface area contributed by atoms with Crippen LogP contribution in [0.3, 0.4) is 0 Å². The Morgan fingerprint density at radius 3 is 2.06 bits per heavy atom. The van der Waals surface area contributed by atoms with E-state index in [-0.39, 0.29) is 16.7 Å². The minimum absolute atomic E-state index is 0.00601. The van der Waals surface area contributed by atoms with Crippen LogP contribution in [-0.2, 0) is 15.0 Å². The fraction of sp³-hybridized carbons (Fsp3) is 0.185. The number of hydrogen-bond acceptors (Lipinski definition) is 4. The molecule has 168 valence electrons. The van der Waals surface area contributed by atoms with Crippen molar-refractivity contribution in [1.82, 2.24) is 0 Å². The lowest BCUT2D eigenvalue weighted by molar-refractivity contribution is -0.120. The number of hydrogen-bond donors (Lipinski definition) is 1. The van der Waals surface area contributed by atoms with Crippen molar-refractivity contribution >= 4 is 40.4 Å². The molecular weight excluding hydrogens is 436 g/mol. The van der Waals surface area contributed by atoms with Gasteiger partial charge in [-0.15, -0.1) is 0 Å². The van der Waals surface area contributed by atoms with Crippen molar-refractivity contribution < 1.29 is 14.3 Å². The molecule has 0 unspecified atom stereocenters. The molecule has 0 fully saturated rings. The van der Waals surface area contributed by atoms with Gasteiger partial charge in [0.15, 0.2) is 0 Å². The first-order valence-corrected chi connectivity index (χ1v) is 11.0. The van der Waals surface area contributed by atoms with E-state index in [1.165, 1.54) is 5.56 Å². The predicted octanol–water partition coefficient (Wildman–Crippen LogP) is 6.04. The summed E-state index contributed by atoms with van der Waals surface area (Å²) < 4.78 is 5.24. The smallest absolute Gasteiger partial charge is 0.282 e. The Morgan fingerprint density at radius 2 is 1.48 bits per heavy atom. The highest BCUT2D eigenvalue weighted by Gasteiger charge is 2.41. The first kappa shape index (κ1) is 22.6. The van der Waals surface area contributed by atoms with Crippen molar-refractivity contribution in [2.45, 2.75) is 26.2 Å². The molecule has 4 rings (SSSR count). The molecule has 0 atom stereocenters. The third-order valence-electron chi connectivity index (χ3n) is 5.58. The van der Waals surface area contributed by atoms with Gasteiger partial charge in [0.25, 0.3) is 11.8 Å². The summed E-state index contributed by atoms with van der Waals surface area (Å²) in [7, 11) is 1.58. The highest BCUT2D eigenvalue weighted by Crippen LogP contribution is 2.37. The van der Waals surface area contributed by atoms with Crippen LogP contribution in [0, 0.1) is 0 Å². The van der Waals surface area contributed by atoms with E-state index >= 15 is 0 Å². The fourth-order valence-electron chi connectivity index (χ4n) is 3.72. The zero-order chi connectivity index (χ0) is 23.8. The molecular formula is C27H25ClN2O3. The Labute approximate surface area is 198 Å². The second-order valence-electron chi connectivity index (χ2n) is 8.83. The number of amides is 2. The number of halogens is 1. The number of rotatable bonds is 5. The van der Waals surface area contributed by atoms with Gasteiger partial charge in [-0.1, -0.05) is 68.8 Å². The summed E-state index contributed by atoms with van der Waals surface area (Å²) in [6, 6.07) is 21.7. The van der Waals surface area contributed by atoms with Crippen molar-refractivity contribution in [3.63, 3.8) is 0 Å². The molecule has 5 nitrogen and oxygen atoms in total. The van der Waals surface area contributed by atoms with Crippen molar-refractivity contribution in [3.8, 4) is 5.75 Å². The lowest BCUT2D eigenvalue weighted by Crippen LogP contribution is -2.32. The molecule has 1 aliphatic heterocycles. The highest BCUT2D eigenvalue weighted by molar-refractivity contribution is 6.48. The summed E-state index contributed by atoms with van der Waals surface area (Å²) >= 11 is 6.33. The average Bonchev–Trinajstić information content (AvgIpc) is 3.03. The van der Waals surface area contributed by atoms with Crippen molar-refractivity contribution in [3.05, 3.63) is 94.6 Å². The minimum atomic E-state index is -0.459. The van der Waals surface area contributed by atoms with Crippen molar-refractivity contribution in [2.75, 3.05) is 17.3 Å².